The van der Waals surface area contributed by atoms with Crippen molar-refractivity contribution in [2.75, 3.05) is 6.54 Å². The third kappa shape index (κ3) is 3.91. The van der Waals surface area contributed by atoms with Crippen molar-refractivity contribution in [1.29, 1.82) is 0 Å². The smallest absolute Gasteiger partial charge is 0.251 e. The molecule has 3 aromatic rings. The summed E-state index contributed by atoms with van der Waals surface area (Å²) in [4.78, 5) is 16.5. The monoisotopic (exact) mass is 414 g/mol. The number of hydrogen-bond donors (Lipinski definition) is 1. The topological polar surface area (TPSA) is 59.8 Å². The number of pyridine rings is 1. The molecule has 0 spiro atoms. The number of amides is 1. The molecule has 0 radical (unpaired) electrons. The Balaban J connectivity index is 1.48. The van der Waals surface area contributed by atoms with Crippen LogP contribution in [0.5, 0.6) is 0 Å². The van der Waals surface area contributed by atoms with Gasteiger partial charge in [0.25, 0.3) is 5.91 Å². The number of nitrogens with one attached hydrogen (secondary N) is 1. The highest BCUT2D eigenvalue weighted by Gasteiger charge is 2.21. The second-order valence-electron chi connectivity index (χ2n) is 6.82. The van der Waals surface area contributed by atoms with Crippen molar-refractivity contribution in [1.82, 2.24) is 20.1 Å². The molecule has 0 bridgehead atoms. The maximum Gasteiger partial charge on any atom is 0.251 e. The number of aromatic nitrogens is 3. The minimum absolute atomic E-state index is 0.172. The summed E-state index contributed by atoms with van der Waals surface area (Å²) >= 11 is 11.9. The summed E-state index contributed by atoms with van der Waals surface area (Å²) < 4.78 is 2.04. The average Bonchev–Trinajstić information content (AvgIpc) is 3.09. The molecule has 28 heavy (non-hydrogen) atoms. The van der Waals surface area contributed by atoms with Crippen LogP contribution in [0.25, 0.3) is 11.3 Å². The second kappa shape index (κ2) is 8.33. The third-order valence-electron chi connectivity index (χ3n) is 5.00. The fourth-order valence-corrected chi connectivity index (χ4v) is 3.91. The molecule has 1 aromatic carbocycles. The van der Waals surface area contributed by atoms with Crippen LogP contribution >= 0.6 is 23.2 Å². The molecule has 144 valence electrons. The molecule has 5 nitrogen and oxygen atoms in total. The van der Waals surface area contributed by atoms with Gasteiger partial charge in [-0.05, 0) is 56.0 Å². The first kappa shape index (κ1) is 19.0. The first-order valence-electron chi connectivity index (χ1n) is 9.35. The number of hydrogen-bond acceptors (Lipinski definition) is 3. The molecule has 1 N–H and O–H groups in total. The number of benzene rings is 1. The molecule has 1 amide bonds. The van der Waals surface area contributed by atoms with E-state index in [1.807, 2.05) is 16.8 Å². The Kier molecular flexibility index (Phi) is 5.64. The van der Waals surface area contributed by atoms with Crippen molar-refractivity contribution in [3.63, 3.8) is 0 Å². The normalized spacial score (nSPS) is 13.2. The highest BCUT2D eigenvalue weighted by atomic mass is 35.5. The quantitative estimate of drug-likeness (QED) is 0.665. The van der Waals surface area contributed by atoms with E-state index in [4.69, 9.17) is 28.3 Å². The van der Waals surface area contributed by atoms with Crippen LogP contribution in [0.2, 0.25) is 10.0 Å². The molecular weight excluding hydrogens is 395 g/mol. The minimum atomic E-state index is -0.172. The first-order valence-corrected chi connectivity index (χ1v) is 10.1. The Morgan fingerprint density at radius 2 is 1.86 bits per heavy atom. The highest BCUT2D eigenvalue weighted by molar-refractivity contribution is 6.42. The van der Waals surface area contributed by atoms with Crippen molar-refractivity contribution in [3.05, 3.63) is 69.6 Å². The van der Waals surface area contributed by atoms with Crippen LogP contribution in [-0.4, -0.2) is 27.2 Å². The van der Waals surface area contributed by atoms with Crippen molar-refractivity contribution in [3.8, 4) is 11.3 Å². The van der Waals surface area contributed by atoms with Crippen LogP contribution in [0.3, 0.4) is 0 Å². The Labute approximate surface area is 173 Å². The van der Waals surface area contributed by atoms with Gasteiger partial charge in [-0.1, -0.05) is 23.2 Å². The Bertz CT molecular complexity index is 1000. The van der Waals surface area contributed by atoms with E-state index < -0.39 is 0 Å². The molecule has 0 fully saturated rings. The maximum atomic E-state index is 12.4. The highest BCUT2D eigenvalue weighted by Crippen LogP contribution is 2.31. The van der Waals surface area contributed by atoms with Gasteiger partial charge < -0.3 is 5.32 Å². The van der Waals surface area contributed by atoms with Gasteiger partial charge >= 0.3 is 0 Å². The van der Waals surface area contributed by atoms with E-state index in [1.54, 1.807) is 30.6 Å². The number of carbonyl (C=O) groups is 1. The van der Waals surface area contributed by atoms with Crippen LogP contribution in [0.4, 0.5) is 0 Å². The first-order chi connectivity index (χ1) is 13.6. The van der Waals surface area contributed by atoms with Gasteiger partial charge in [-0.2, -0.15) is 5.10 Å². The number of rotatable bonds is 5. The van der Waals surface area contributed by atoms with Crippen LogP contribution in [0, 0.1) is 0 Å². The van der Waals surface area contributed by atoms with Gasteiger partial charge in [0.2, 0.25) is 0 Å². The third-order valence-corrected chi connectivity index (χ3v) is 5.74. The van der Waals surface area contributed by atoms with E-state index in [0.29, 0.717) is 28.7 Å². The molecule has 0 atom stereocenters. The Morgan fingerprint density at radius 1 is 1.07 bits per heavy atom. The number of halogens is 2. The van der Waals surface area contributed by atoms with E-state index in [1.165, 1.54) is 24.1 Å². The van der Waals surface area contributed by atoms with Crippen molar-refractivity contribution in [2.45, 2.75) is 32.2 Å². The lowest BCUT2D eigenvalue weighted by molar-refractivity contribution is 0.0952. The summed E-state index contributed by atoms with van der Waals surface area (Å²) in [7, 11) is 0. The minimum Gasteiger partial charge on any atom is -0.350 e. The summed E-state index contributed by atoms with van der Waals surface area (Å²) in [5, 5.41) is 8.60. The molecule has 1 aliphatic carbocycles. The molecule has 0 aliphatic heterocycles. The molecule has 1 aliphatic rings. The fraction of sp³-hybridized carbons (Fsp3) is 0.286. The summed E-state index contributed by atoms with van der Waals surface area (Å²) in [5.74, 6) is -0.172. The van der Waals surface area contributed by atoms with Gasteiger partial charge in [-0.25, -0.2) is 0 Å². The van der Waals surface area contributed by atoms with Gasteiger partial charge in [-0.3, -0.25) is 14.5 Å². The number of fused-ring (bicyclic) bond motifs is 1. The lowest BCUT2D eigenvalue weighted by Gasteiger charge is -2.14. The van der Waals surface area contributed by atoms with E-state index in [2.05, 4.69) is 10.3 Å². The summed E-state index contributed by atoms with van der Waals surface area (Å²) in [5.41, 5.74) is 5.23. The molecule has 0 unspecified atom stereocenters. The second-order valence-corrected chi connectivity index (χ2v) is 7.64. The number of nitrogens with zero attached hydrogens (tertiary/aromatic N) is 3. The molecule has 7 heteroatoms. The number of carbonyl (C=O) groups excluding carboxylic acids is 1. The Hall–Kier alpha value is -2.37. The van der Waals surface area contributed by atoms with Crippen molar-refractivity contribution in [2.24, 2.45) is 0 Å². The van der Waals surface area contributed by atoms with Crippen LogP contribution < -0.4 is 5.32 Å². The van der Waals surface area contributed by atoms with E-state index in [0.717, 1.165) is 24.1 Å². The standard InChI is InChI=1S/C21H20Cl2N4O/c22-17-6-5-15(13-18(17)23)21(28)25-11-12-27-19-4-2-1-3-16(19)20(26-27)14-7-9-24-10-8-14/h5-10,13H,1-4,11-12H2,(H,25,28). The molecule has 0 saturated heterocycles. The summed E-state index contributed by atoms with van der Waals surface area (Å²) in [6.45, 7) is 1.11. The maximum absolute atomic E-state index is 12.4. The zero-order valence-electron chi connectivity index (χ0n) is 15.3. The SMILES string of the molecule is O=C(NCCn1nc(-c2ccncc2)c2c1CCCC2)c1ccc(Cl)c(Cl)c1. The molecule has 2 heterocycles. The molecule has 2 aromatic heterocycles. The molecule has 4 rings (SSSR count). The lowest BCUT2D eigenvalue weighted by atomic mass is 9.94. The van der Waals surface area contributed by atoms with E-state index in [9.17, 15) is 4.79 Å². The predicted octanol–water partition coefficient (Wildman–Crippen LogP) is 4.56. The summed E-state index contributed by atoms with van der Waals surface area (Å²) in [6.07, 6.45) is 8.01. The van der Waals surface area contributed by atoms with Crippen molar-refractivity contribution >= 4 is 29.1 Å². The zero-order valence-corrected chi connectivity index (χ0v) is 16.8. The van der Waals surface area contributed by atoms with Crippen LogP contribution in [-0.2, 0) is 19.4 Å². The van der Waals surface area contributed by atoms with Gasteiger partial charge in [0.05, 0.1) is 22.3 Å². The van der Waals surface area contributed by atoms with Crippen LogP contribution in [0.15, 0.2) is 42.7 Å². The van der Waals surface area contributed by atoms with E-state index in [-0.39, 0.29) is 5.91 Å². The Morgan fingerprint density at radius 3 is 2.64 bits per heavy atom. The molecule has 0 saturated carbocycles. The fourth-order valence-electron chi connectivity index (χ4n) is 3.61. The van der Waals surface area contributed by atoms with Crippen LogP contribution in [0.1, 0.15) is 34.5 Å². The van der Waals surface area contributed by atoms with Gasteiger partial charge in [0.1, 0.15) is 0 Å². The summed E-state index contributed by atoms with van der Waals surface area (Å²) in [6, 6.07) is 8.86. The average molecular weight is 415 g/mol. The predicted molar refractivity (Wildman–Crippen MR) is 111 cm³/mol. The zero-order chi connectivity index (χ0) is 19.5. The van der Waals surface area contributed by atoms with E-state index >= 15 is 0 Å². The van der Waals surface area contributed by atoms with Gasteiger partial charge in [-0.15, -0.1) is 0 Å². The lowest BCUT2D eigenvalue weighted by Crippen LogP contribution is -2.28. The largest absolute Gasteiger partial charge is 0.350 e. The molecular formula is C21H20Cl2N4O. The van der Waals surface area contributed by atoms with Gasteiger partial charge in [0.15, 0.2) is 0 Å². The van der Waals surface area contributed by atoms with Gasteiger partial charge in [0, 0.05) is 41.3 Å². The van der Waals surface area contributed by atoms with Crippen molar-refractivity contribution < 1.29 is 4.79 Å².